The van der Waals surface area contributed by atoms with Crippen molar-refractivity contribution in [3.8, 4) is 22.9 Å². The van der Waals surface area contributed by atoms with Crippen LogP contribution >= 0.6 is 0 Å². The first-order chi connectivity index (χ1) is 30.9. The molecule has 0 atom stereocenters. The molecular weight excluding hydrogens is 815 g/mol. The number of carbonyl (C=O) groups excluding carboxylic acids is 2. The molecule has 0 saturated carbocycles. The van der Waals surface area contributed by atoms with E-state index in [0.717, 1.165) is 56.7 Å². The minimum Gasteiger partial charge on any atom is -0.508 e. The van der Waals surface area contributed by atoms with E-state index in [1.54, 1.807) is 23.4 Å². The number of phenolic OH excluding ortho intramolecular Hbond substituents is 2. The second-order valence-corrected chi connectivity index (χ2v) is 18.5. The summed E-state index contributed by atoms with van der Waals surface area (Å²) in [6.45, 7) is 14.8. The molecule has 0 bridgehead atoms. The van der Waals surface area contributed by atoms with Gasteiger partial charge in [-0.2, -0.15) is 15.0 Å². The van der Waals surface area contributed by atoms with E-state index in [-0.39, 0.29) is 40.7 Å². The SMILES string of the molecule is CC(C)c1cc(C(=O)N2Cc3ccc(CN4CCC(N5CCN(C(=O)CC6(N)CCN(c7nc(-c8cnc(N)nc8)nc(N8CCOCC8)n7)CC6)CC5)CC4)cc3C2)c(O)cc1O. The van der Waals surface area contributed by atoms with E-state index < -0.39 is 5.54 Å². The van der Waals surface area contributed by atoms with Gasteiger partial charge in [0.2, 0.25) is 23.8 Å². The number of aromatic nitrogens is 5. The van der Waals surface area contributed by atoms with Gasteiger partial charge in [-0.1, -0.05) is 32.0 Å². The van der Waals surface area contributed by atoms with E-state index in [0.29, 0.717) is 120 Å². The molecule has 18 heteroatoms. The number of amides is 2. The van der Waals surface area contributed by atoms with Crippen molar-refractivity contribution in [1.29, 1.82) is 0 Å². The number of ether oxygens (including phenoxy) is 1. The average molecular weight is 876 g/mol. The third-order valence-electron chi connectivity index (χ3n) is 13.8. The Balaban J connectivity index is 0.726. The van der Waals surface area contributed by atoms with Crippen molar-refractivity contribution in [1.82, 2.24) is 44.5 Å². The number of likely N-dealkylation sites (tertiary alicyclic amines) is 1. The summed E-state index contributed by atoms with van der Waals surface area (Å²) in [5, 5.41) is 20.8. The molecule has 0 unspecified atom stereocenters. The van der Waals surface area contributed by atoms with Crippen LogP contribution in [0.5, 0.6) is 11.5 Å². The van der Waals surface area contributed by atoms with Gasteiger partial charge in [0, 0.05) is 108 Å². The smallest absolute Gasteiger partial charge is 0.258 e. The number of piperidine rings is 2. The number of hydrogen-bond donors (Lipinski definition) is 4. The summed E-state index contributed by atoms with van der Waals surface area (Å²) in [5.74, 6) is 1.53. The molecular formula is C46H61N13O5. The van der Waals surface area contributed by atoms with Gasteiger partial charge in [-0.15, -0.1) is 0 Å². The van der Waals surface area contributed by atoms with Gasteiger partial charge in [0.25, 0.3) is 5.91 Å². The van der Waals surface area contributed by atoms with E-state index in [9.17, 15) is 19.8 Å². The number of hydrogen-bond acceptors (Lipinski definition) is 16. The maximum Gasteiger partial charge on any atom is 0.258 e. The van der Waals surface area contributed by atoms with Crippen LogP contribution in [-0.2, 0) is 29.2 Å². The lowest BCUT2D eigenvalue weighted by molar-refractivity contribution is -0.135. The molecule has 2 aromatic heterocycles. The monoisotopic (exact) mass is 875 g/mol. The molecule has 18 nitrogen and oxygen atoms in total. The Morgan fingerprint density at radius 1 is 0.797 bits per heavy atom. The number of carbonyl (C=O) groups is 2. The highest BCUT2D eigenvalue weighted by Crippen LogP contribution is 2.35. The second kappa shape index (κ2) is 18.4. The molecule has 7 heterocycles. The zero-order chi connectivity index (χ0) is 44.5. The molecule has 4 aromatic rings. The summed E-state index contributed by atoms with van der Waals surface area (Å²) in [6.07, 6.45) is 7.02. The summed E-state index contributed by atoms with van der Waals surface area (Å²) in [6, 6.07) is 9.92. The fourth-order valence-corrected chi connectivity index (χ4v) is 9.85. The van der Waals surface area contributed by atoms with Crippen LogP contribution in [0.1, 0.15) is 84.5 Å². The Kier molecular flexibility index (Phi) is 12.5. The van der Waals surface area contributed by atoms with Crippen LogP contribution in [0.25, 0.3) is 11.4 Å². The lowest BCUT2D eigenvalue weighted by Gasteiger charge is -2.44. The van der Waals surface area contributed by atoms with Gasteiger partial charge < -0.3 is 46.0 Å². The predicted octanol–water partition coefficient (Wildman–Crippen LogP) is 2.93. The molecule has 0 radical (unpaired) electrons. The van der Waals surface area contributed by atoms with Gasteiger partial charge >= 0.3 is 0 Å². The largest absolute Gasteiger partial charge is 0.508 e. The highest BCUT2D eigenvalue weighted by atomic mass is 16.5. The number of aromatic hydroxyl groups is 2. The zero-order valence-corrected chi connectivity index (χ0v) is 37.0. The Hall–Kier alpha value is -5.69. The van der Waals surface area contributed by atoms with Crippen LogP contribution in [0.15, 0.2) is 42.7 Å². The standard InChI is InChI=1S/C46H61N13O5/c1-30(2)36-22-37(39(61)23-38(36)60)42(63)59-28-32-4-3-31(21-33(32)29-59)27-54-9-5-35(6-10-54)55-13-15-56(16-14-55)40(62)24-46(48)7-11-57(12-8-46)44-51-41(34-25-49-43(47)50-26-34)52-45(53-44)58-17-19-64-20-18-58/h3-4,21-23,25-26,30,35,60-61H,5-20,24,27-29,48H2,1-2H3,(H2,47,49,50). The number of phenols is 2. The van der Waals surface area contributed by atoms with Crippen LogP contribution < -0.4 is 21.3 Å². The molecule has 4 saturated heterocycles. The Bertz CT molecular complexity index is 2320. The summed E-state index contributed by atoms with van der Waals surface area (Å²) in [7, 11) is 0. The first kappa shape index (κ1) is 43.6. The van der Waals surface area contributed by atoms with E-state index in [1.165, 1.54) is 11.6 Å². The van der Waals surface area contributed by atoms with Crippen LogP contribution in [0.3, 0.4) is 0 Å². The molecule has 2 amide bonds. The third-order valence-corrected chi connectivity index (χ3v) is 13.8. The minimum atomic E-state index is -0.601. The normalized spacial score (nSPS) is 19.9. The van der Waals surface area contributed by atoms with Crippen molar-refractivity contribution in [2.24, 2.45) is 5.73 Å². The van der Waals surface area contributed by atoms with Crippen molar-refractivity contribution in [3.05, 3.63) is 70.5 Å². The number of rotatable bonds is 10. The molecule has 64 heavy (non-hydrogen) atoms. The van der Waals surface area contributed by atoms with Gasteiger partial charge in [0.1, 0.15) is 11.5 Å². The number of nitrogen functional groups attached to an aromatic ring is 1. The van der Waals surface area contributed by atoms with E-state index >= 15 is 0 Å². The Labute approximate surface area is 374 Å². The maximum absolute atomic E-state index is 13.7. The molecule has 9 rings (SSSR count). The molecule has 5 aliphatic heterocycles. The molecule has 0 aliphatic carbocycles. The molecule has 6 N–H and O–H groups in total. The maximum atomic E-state index is 13.7. The van der Waals surface area contributed by atoms with Crippen LogP contribution in [0, 0.1) is 0 Å². The average Bonchev–Trinajstić information content (AvgIpc) is 3.73. The van der Waals surface area contributed by atoms with E-state index in [1.807, 2.05) is 18.7 Å². The van der Waals surface area contributed by atoms with Gasteiger partial charge in [-0.3, -0.25) is 19.4 Å². The lowest BCUT2D eigenvalue weighted by Crippen LogP contribution is -2.57. The number of nitrogens with zero attached hydrogens (tertiary/aromatic N) is 11. The van der Waals surface area contributed by atoms with Crippen molar-refractivity contribution in [3.63, 3.8) is 0 Å². The predicted molar refractivity (Wildman–Crippen MR) is 242 cm³/mol. The number of morpholine rings is 1. The third kappa shape index (κ3) is 9.55. The summed E-state index contributed by atoms with van der Waals surface area (Å²) >= 11 is 0. The topological polar surface area (TPSA) is 220 Å². The van der Waals surface area contributed by atoms with Crippen LogP contribution in [-0.4, -0.2) is 157 Å². The summed E-state index contributed by atoms with van der Waals surface area (Å²) in [4.78, 5) is 63.0. The number of nitrogens with two attached hydrogens (primary N) is 2. The number of anilines is 3. The fourth-order valence-electron chi connectivity index (χ4n) is 9.85. The van der Waals surface area contributed by atoms with Crippen molar-refractivity contribution < 1.29 is 24.5 Å². The van der Waals surface area contributed by atoms with E-state index in [2.05, 4.69) is 47.8 Å². The van der Waals surface area contributed by atoms with Gasteiger partial charge in [-0.25, -0.2) is 9.97 Å². The minimum absolute atomic E-state index is 0.00254. The highest BCUT2D eigenvalue weighted by Gasteiger charge is 2.37. The first-order valence-corrected chi connectivity index (χ1v) is 22.8. The highest BCUT2D eigenvalue weighted by molar-refractivity contribution is 5.97. The number of benzene rings is 2. The van der Waals surface area contributed by atoms with E-state index in [4.69, 9.17) is 31.2 Å². The zero-order valence-electron chi connectivity index (χ0n) is 37.0. The van der Waals surface area contributed by atoms with Gasteiger partial charge in [0.05, 0.1) is 24.3 Å². The Morgan fingerprint density at radius 2 is 1.45 bits per heavy atom. The Morgan fingerprint density at radius 3 is 2.12 bits per heavy atom. The summed E-state index contributed by atoms with van der Waals surface area (Å²) < 4.78 is 5.56. The summed E-state index contributed by atoms with van der Waals surface area (Å²) in [5.41, 5.74) is 17.1. The molecule has 4 fully saturated rings. The molecule has 340 valence electrons. The molecule has 0 spiro atoms. The van der Waals surface area contributed by atoms with Gasteiger partial charge in [-0.05, 0) is 73.0 Å². The molecule has 5 aliphatic rings. The van der Waals surface area contributed by atoms with Crippen molar-refractivity contribution >= 4 is 29.7 Å². The fraction of sp³-hybridized carbons (Fsp3) is 0.543. The lowest BCUT2D eigenvalue weighted by atomic mass is 9.85. The van der Waals surface area contributed by atoms with Crippen LogP contribution in [0.4, 0.5) is 17.8 Å². The van der Waals surface area contributed by atoms with Crippen LogP contribution in [0.2, 0.25) is 0 Å². The second-order valence-electron chi connectivity index (χ2n) is 18.5. The molecule has 2 aromatic carbocycles. The first-order valence-electron chi connectivity index (χ1n) is 22.8. The quantitative estimate of drug-likeness (QED) is 0.180. The van der Waals surface area contributed by atoms with Crippen molar-refractivity contribution in [2.45, 2.75) is 83.1 Å². The van der Waals surface area contributed by atoms with Crippen molar-refractivity contribution in [2.75, 3.05) is 94.2 Å². The number of piperazine rings is 1. The number of fused-ring (bicyclic) bond motifs is 1. The van der Waals surface area contributed by atoms with Gasteiger partial charge in [0.15, 0.2) is 5.82 Å².